The Bertz CT molecular complexity index is 813. The van der Waals surface area contributed by atoms with Gasteiger partial charge in [-0.25, -0.2) is 4.98 Å². The van der Waals surface area contributed by atoms with Crippen LogP contribution in [0.15, 0.2) is 27.8 Å². The van der Waals surface area contributed by atoms with Gasteiger partial charge >= 0.3 is 0 Å². The Morgan fingerprint density at radius 2 is 2.26 bits per heavy atom. The first-order valence-electron chi connectivity index (χ1n) is 6.27. The predicted molar refractivity (Wildman–Crippen MR) is 78.9 cm³/mol. The van der Waals surface area contributed by atoms with Crippen LogP contribution < -0.4 is 10.7 Å². The lowest BCUT2D eigenvalue weighted by molar-refractivity contribution is 0.300. The summed E-state index contributed by atoms with van der Waals surface area (Å²) in [5.74, 6) is 0. The Balaban J connectivity index is 2.30. The van der Waals surface area contributed by atoms with Gasteiger partial charge in [-0.05, 0) is 25.0 Å². The van der Waals surface area contributed by atoms with Crippen LogP contribution in [0.2, 0.25) is 0 Å². The molecule has 2 heterocycles. The van der Waals surface area contributed by atoms with Crippen LogP contribution in [0.4, 0.5) is 0 Å². The highest BCUT2D eigenvalue weighted by Crippen LogP contribution is 2.11. The lowest BCUT2D eigenvalue weighted by Crippen LogP contribution is -2.06. The van der Waals surface area contributed by atoms with Crippen molar-refractivity contribution in [2.75, 3.05) is 0 Å². The Kier molecular flexibility index (Phi) is 3.66. The van der Waals surface area contributed by atoms with Crippen molar-refractivity contribution in [1.82, 2.24) is 4.98 Å². The lowest BCUT2D eigenvalue weighted by Gasteiger charge is -1.91. The van der Waals surface area contributed by atoms with Crippen LogP contribution in [0, 0.1) is 9.75 Å². The number of unbranched alkanes of at least 4 members (excludes halogenated alkanes) is 1. The summed E-state index contributed by atoms with van der Waals surface area (Å²) >= 11 is 5.20. The van der Waals surface area contributed by atoms with E-state index >= 15 is 0 Å². The highest BCUT2D eigenvalue weighted by Gasteiger charge is 2.04. The van der Waals surface area contributed by atoms with Gasteiger partial charge in [0.2, 0.25) is 0 Å². The first-order valence-corrected chi connectivity index (χ1v) is 7.88. The summed E-state index contributed by atoms with van der Waals surface area (Å²) in [4.78, 5) is 9.88. The number of hydrogen-bond acceptors (Lipinski definition) is 4. The van der Waals surface area contributed by atoms with Crippen molar-refractivity contribution >= 4 is 33.5 Å². The molecule has 3 nitrogen and oxygen atoms in total. The van der Waals surface area contributed by atoms with Crippen LogP contribution in [0.25, 0.3) is 6.26 Å². The average molecular weight is 337 g/mol. The first-order chi connectivity index (χ1) is 9.28. The molecule has 3 rings (SSSR count). The van der Waals surface area contributed by atoms with E-state index in [1.807, 2.05) is 12.1 Å². The molecule has 0 spiro atoms. The summed E-state index contributed by atoms with van der Waals surface area (Å²) in [7, 11) is 0. The highest BCUT2D eigenvalue weighted by atomic mass is 79.9. The second-order valence-electron chi connectivity index (χ2n) is 4.40. The Hall–Kier alpha value is -1.20. The molecule has 0 saturated carbocycles. The molecule has 2 aromatic rings. The molecule has 0 fully saturated rings. The van der Waals surface area contributed by atoms with Crippen LogP contribution in [0.3, 0.4) is 0 Å². The number of aryl methyl sites for hydroxylation is 1. The smallest absolute Gasteiger partial charge is 0.149 e. The van der Waals surface area contributed by atoms with Gasteiger partial charge in [-0.15, -0.1) is 11.3 Å². The van der Waals surface area contributed by atoms with E-state index in [1.54, 1.807) is 17.6 Å². The standard InChI is InChI=1S/C14H13BrN2OS/c1-2-3-4-13-16-12-8-18-17-11-7-9(15)5-6-10(11)14(12)19-13/h5-8H,2-4H2,1H3. The molecule has 0 N–H and O–H groups in total. The second-order valence-corrected chi connectivity index (χ2v) is 6.40. The largest absolute Gasteiger partial charge is 0.362 e. The van der Waals surface area contributed by atoms with Crippen LogP contribution in [0.5, 0.6) is 0 Å². The van der Waals surface area contributed by atoms with E-state index in [0.717, 1.165) is 31.4 Å². The second kappa shape index (κ2) is 5.43. The number of fused-ring (bicyclic) bond motifs is 2. The van der Waals surface area contributed by atoms with Gasteiger partial charge < -0.3 is 4.84 Å². The van der Waals surface area contributed by atoms with Gasteiger partial charge in [0.1, 0.15) is 17.0 Å². The monoisotopic (exact) mass is 336 g/mol. The molecule has 1 aliphatic rings. The fourth-order valence-electron chi connectivity index (χ4n) is 1.99. The molecular formula is C14H13BrN2OS. The van der Waals surface area contributed by atoms with E-state index in [9.17, 15) is 0 Å². The van der Waals surface area contributed by atoms with Gasteiger partial charge in [0.05, 0.1) is 9.54 Å². The molecule has 0 aliphatic carbocycles. The Morgan fingerprint density at radius 1 is 1.37 bits per heavy atom. The molecule has 0 saturated heterocycles. The predicted octanol–water partition coefficient (Wildman–Crippen LogP) is 2.84. The molecule has 0 radical (unpaired) electrons. The number of nitrogens with zero attached hydrogens (tertiary/aromatic N) is 2. The third-order valence-corrected chi connectivity index (χ3v) is 4.62. The van der Waals surface area contributed by atoms with Gasteiger partial charge in [-0.2, -0.15) is 0 Å². The fourth-order valence-corrected chi connectivity index (χ4v) is 3.45. The summed E-state index contributed by atoms with van der Waals surface area (Å²) in [6, 6.07) is 6.05. The molecular weight excluding hydrogens is 324 g/mol. The van der Waals surface area contributed by atoms with Gasteiger partial charge in [0.25, 0.3) is 0 Å². The van der Waals surface area contributed by atoms with E-state index in [2.05, 4.69) is 39.1 Å². The fraction of sp³-hybridized carbons (Fsp3) is 0.286. The maximum absolute atomic E-state index is 5.24. The molecule has 0 unspecified atom stereocenters. The van der Waals surface area contributed by atoms with Crippen molar-refractivity contribution in [1.29, 1.82) is 0 Å². The summed E-state index contributed by atoms with van der Waals surface area (Å²) in [6.07, 6.45) is 5.02. The van der Waals surface area contributed by atoms with E-state index < -0.39 is 0 Å². The van der Waals surface area contributed by atoms with Crippen LogP contribution in [-0.2, 0) is 11.3 Å². The summed E-state index contributed by atoms with van der Waals surface area (Å²) < 4.78 is 2.15. The molecule has 0 atom stereocenters. The van der Waals surface area contributed by atoms with Crippen LogP contribution in [0.1, 0.15) is 24.8 Å². The molecule has 1 aliphatic heterocycles. The highest BCUT2D eigenvalue weighted by molar-refractivity contribution is 9.10. The first kappa shape index (κ1) is 12.8. The minimum Gasteiger partial charge on any atom is -0.362 e. The lowest BCUT2D eigenvalue weighted by atomic mass is 10.3. The maximum Gasteiger partial charge on any atom is 0.149 e. The summed E-state index contributed by atoms with van der Waals surface area (Å²) in [5.41, 5.74) is 0. The molecule has 5 heteroatoms. The quantitative estimate of drug-likeness (QED) is 0.863. The summed E-state index contributed by atoms with van der Waals surface area (Å²) in [5, 5.41) is 8.10. The van der Waals surface area contributed by atoms with Crippen molar-refractivity contribution in [3.63, 3.8) is 0 Å². The SMILES string of the molecule is CCCCc1nc2c(s1)=c1ccc(Br)cc1=NOC=2. The molecule has 1 aromatic carbocycles. The molecule has 19 heavy (non-hydrogen) atoms. The van der Waals surface area contributed by atoms with E-state index in [-0.39, 0.29) is 0 Å². The molecule has 0 amide bonds. The van der Waals surface area contributed by atoms with Crippen molar-refractivity contribution in [2.45, 2.75) is 26.2 Å². The zero-order chi connectivity index (χ0) is 13.2. The molecule has 98 valence electrons. The minimum atomic E-state index is 0.843. The number of aromatic nitrogens is 1. The van der Waals surface area contributed by atoms with E-state index in [0.29, 0.717) is 0 Å². The number of halogens is 1. The van der Waals surface area contributed by atoms with Crippen molar-refractivity contribution in [3.8, 4) is 0 Å². The molecule has 0 bridgehead atoms. The van der Waals surface area contributed by atoms with Crippen molar-refractivity contribution in [2.24, 2.45) is 5.16 Å². The van der Waals surface area contributed by atoms with Gasteiger partial charge in [0, 0.05) is 9.69 Å². The van der Waals surface area contributed by atoms with Crippen molar-refractivity contribution < 1.29 is 4.84 Å². The maximum atomic E-state index is 5.24. The van der Waals surface area contributed by atoms with Gasteiger partial charge in [-0.1, -0.05) is 40.5 Å². The number of rotatable bonds is 3. The van der Waals surface area contributed by atoms with Crippen LogP contribution >= 0.6 is 27.3 Å². The zero-order valence-corrected chi connectivity index (χ0v) is 12.9. The average Bonchev–Trinajstić information content (AvgIpc) is 2.72. The van der Waals surface area contributed by atoms with Gasteiger partial charge in [0.15, 0.2) is 0 Å². The van der Waals surface area contributed by atoms with E-state index in [4.69, 9.17) is 4.84 Å². The number of hydrogen-bond donors (Lipinski definition) is 0. The Morgan fingerprint density at radius 3 is 3.11 bits per heavy atom. The third-order valence-electron chi connectivity index (χ3n) is 2.96. The summed E-state index contributed by atoms with van der Waals surface area (Å²) in [6.45, 7) is 2.19. The van der Waals surface area contributed by atoms with Crippen molar-refractivity contribution in [3.05, 3.63) is 48.1 Å². The topological polar surface area (TPSA) is 34.5 Å². The third kappa shape index (κ3) is 2.58. The Labute approximate surface area is 123 Å². The normalized spacial score (nSPS) is 12.5. The zero-order valence-electron chi connectivity index (χ0n) is 10.5. The van der Waals surface area contributed by atoms with E-state index in [1.165, 1.54) is 17.8 Å². The van der Waals surface area contributed by atoms with Crippen LogP contribution in [-0.4, -0.2) is 4.98 Å². The minimum absolute atomic E-state index is 0.843. The van der Waals surface area contributed by atoms with Gasteiger partial charge in [-0.3, -0.25) is 0 Å². The number of thiazole rings is 1. The molecule has 1 aromatic heterocycles. The number of benzene rings is 1.